The summed E-state index contributed by atoms with van der Waals surface area (Å²) < 4.78 is 11.0. The predicted octanol–water partition coefficient (Wildman–Crippen LogP) is 4.70. The lowest BCUT2D eigenvalue weighted by Gasteiger charge is -2.07. The molecule has 0 aromatic rings. The van der Waals surface area contributed by atoms with E-state index in [1.54, 1.807) is 0 Å². The van der Waals surface area contributed by atoms with Crippen LogP contribution in [-0.2, 0) is 19.1 Å². The SMILES string of the molecule is CCCCCCCCCCCCCOCCOCCCNC(=O)CCC(=O)O. The van der Waals surface area contributed by atoms with Gasteiger partial charge in [0.25, 0.3) is 0 Å². The highest BCUT2D eigenvalue weighted by molar-refractivity contribution is 5.80. The minimum Gasteiger partial charge on any atom is -0.481 e. The van der Waals surface area contributed by atoms with Crippen molar-refractivity contribution in [3.8, 4) is 0 Å². The first-order chi connectivity index (χ1) is 13.7. The monoisotopic (exact) mass is 401 g/mol. The molecule has 0 atom stereocenters. The number of carboxylic acid groups (broad SMARTS) is 1. The molecule has 0 spiro atoms. The first-order valence-corrected chi connectivity index (χ1v) is 11.3. The Labute approximate surface area is 171 Å². The molecule has 0 saturated heterocycles. The van der Waals surface area contributed by atoms with Gasteiger partial charge in [-0.05, 0) is 12.8 Å². The largest absolute Gasteiger partial charge is 0.481 e. The summed E-state index contributed by atoms with van der Waals surface area (Å²) in [5, 5.41) is 11.2. The number of hydrogen-bond donors (Lipinski definition) is 2. The van der Waals surface area contributed by atoms with Crippen molar-refractivity contribution in [2.75, 3.05) is 33.0 Å². The second-order valence-corrected chi connectivity index (χ2v) is 7.36. The fraction of sp³-hybridized carbons (Fsp3) is 0.909. The lowest BCUT2D eigenvalue weighted by atomic mass is 10.1. The smallest absolute Gasteiger partial charge is 0.303 e. The van der Waals surface area contributed by atoms with Crippen molar-refractivity contribution in [3.05, 3.63) is 0 Å². The Kier molecular flexibility index (Phi) is 21.3. The molecule has 0 aliphatic rings. The molecule has 0 heterocycles. The Bertz CT molecular complexity index is 363. The van der Waals surface area contributed by atoms with Gasteiger partial charge in [-0.3, -0.25) is 9.59 Å². The zero-order chi connectivity index (χ0) is 20.7. The number of rotatable bonds is 22. The van der Waals surface area contributed by atoms with Gasteiger partial charge >= 0.3 is 5.97 Å². The molecule has 0 saturated carbocycles. The average Bonchev–Trinajstić information content (AvgIpc) is 2.68. The highest BCUT2D eigenvalue weighted by Gasteiger charge is 2.04. The van der Waals surface area contributed by atoms with Gasteiger partial charge in [0.2, 0.25) is 5.91 Å². The van der Waals surface area contributed by atoms with Crippen LogP contribution >= 0.6 is 0 Å². The van der Waals surface area contributed by atoms with Crippen LogP contribution in [0.2, 0.25) is 0 Å². The molecule has 6 heteroatoms. The Morgan fingerprint density at radius 2 is 1.18 bits per heavy atom. The van der Waals surface area contributed by atoms with Crippen molar-refractivity contribution in [2.24, 2.45) is 0 Å². The van der Waals surface area contributed by atoms with Crippen LogP contribution < -0.4 is 5.32 Å². The van der Waals surface area contributed by atoms with Crippen LogP contribution in [0.1, 0.15) is 96.8 Å². The Hall–Kier alpha value is -1.14. The standard InChI is InChI=1S/C22H43NO5/c1-2-3-4-5-6-7-8-9-10-11-12-17-27-19-20-28-18-13-16-23-21(24)14-15-22(25)26/h2-20H2,1H3,(H,23,24)(H,25,26). The molecule has 0 rings (SSSR count). The van der Waals surface area contributed by atoms with Gasteiger partial charge in [-0.2, -0.15) is 0 Å². The van der Waals surface area contributed by atoms with E-state index in [0.717, 1.165) is 19.4 Å². The summed E-state index contributed by atoms with van der Waals surface area (Å²) in [6.07, 6.45) is 15.4. The average molecular weight is 402 g/mol. The van der Waals surface area contributed by atoms with Crippen LogP contribution in [0.5, 0.6) is 0 Å². The minimum atomic E-state index is -0.952. The summed E-state index contributed by atoms with van der Waals surface area (Å²) in [5.74, 6) is -1.18. The van der Waals surface area contributed by atoms with Crippen molar-refractivity contribution in [3.63, 3.8) is 0 Å². The van der Waals surface area contributed by atoms with Gasteiger partial charge in [0.1, 0.15) is 0 Å². The molecule has 0 fully saturated rings. The highest BCUT2D eigenvalue weighted by atomic mass is 16.5. The van der Waals surface area contributed by atoms with E-state index in [2.05, 4.69) is 12.2 Å². The maximum Gasteiger partial charge on any atom is 0.303 e. The van der Waals surface area contributed by atoms with Crippen LogP contribution in [-0.4, -0.2) is 50.0 Å². The summed E-state index contributed by atoms with van der Waals surface area (Å²) in [6, 6.07) is 0. The number of carbonyl (C=O) groups is 2. The van der Waals surface area contributed by atoms with Gasteiger partial charge in [0.05, 0.1) is 19.6 Å². The summed E-state index contributed by atoms with van der Waals surface area (Å²) in [5.41, 5.74) is 0. The van der Waals surface area contributed by atoms with Crippen molar-refractivity contribution in [1.29, 1.82) is 0 Å². The second-order valence-electron chi connectivity index (χ2n) is 7.36. The van der Waals surface area contributed by atoms with Gasteiger partial charge in [0, 0.05) is 26.2 Å². The number of nitrogens with one attached hydrogen (secondary N) is 1. The third-order valence-corrected chi connectivity index (χ3v) is 4.62. The number of aliphatic carboxylic acids is 1. The molecular formula is C22H43NO5. The predicted molar refractivity (Wildman–Crippen MR) is 113 cm³/mol. The Balaban J connectivity index is 3.08. The molecule has 0 aromatic carbocycles. The number of amides is 1. The van der Waals surface area contributed by atoms with Gasteiger partial charge in [-0.1, -0.05) is 71.1 Å². The number of hydrogen-bond acceptors (Lipinski definition) is 4. The van der Waals surface area contributed by atoms with Crippen LogP contribution in [0.4, 0.5) is 0 Å². The molecule has 1 amide bonds. The number of unbranched alkanes of at least 4 members (excludes halogenated alkanes) is 10. The van der Waals surface area contributed by atoms with Gasteiger partial charge in [0.15, 0.2) is 0 Å². The molecule has 0 bridgehead atoms. The molecule has 0 aliphatic carbocycles. The number of ether oxygens (including phenoxy) is 2. The zero-order valence-electron chi connectivity index (χ0n) is 18.0. The van der Waals surface area contributed by atoms with Gasteiger partial charge < -0.3 is 19.9 Å². The second kappa shape index (κ2) is 22.2. The van der Waals surface area contributed by atoms with Gasteiger partial charge in [-0.15, -0.1) is 0 Å². The summed E-state index contributed by atoms with van der Waals surface area (Å²) in [4.78, 5) is 21.6. The van der Waals surface area contributed by atoms with Gasteiger partial charge in [-0.25, -0.2) is 0 Å². The maximum absolute atomic E-state index is 11.3. The lowest BCUT2D eigenvalue weighted by molar-refractivity contribution is -0.138. The molecule has 28 heavy (non-hydrogen) atoms. The van der Waals surface area contributed by atoms with Crippen LogP contribution in [0.15, 0.2) is 0 Å². The number of carboxylic acids is 1. The minimum absolute atomic E-state index is 0.0308. The van der Waals surface area contributed by atoms with Crippen molar-refractivity contribution in [2.45, 2.75) is 96.8 Å². The molecular weight excluding hydrogens is 358 g/mol. The summed E-state index contributed by atoms with van der Waals surface area (Å²) >= 11 is 0. The molecule has 6 nitrogen and oxygen atoms in total. The quantitative estimate of drug-likeness (QED) is 0.257. The first-order valence-electron chi connectivity index (χ1n) is 11.3. The molecule has 166 valence electrons. The Morgan fingerprint density at radius 1 is 0.679 bits per heavy atom. The zero-order valence-corrected chi connectivity index (χ0v) is 18.0. The van der Waals surface area contributed by atoms with Crippen molar-refractivity contribution in [1.82, 2.24) is 5.32 Å². The Morgan fingerprint density at radius 3 is 1.71 bits per heavy atom. The van der Waals surface area contributed by atoms with Crippen molar-refractivity contribution >= 4 is 11.9 Å². The van der Waals surface area contributed by atoms with Crippen LogP contribution in [0, 0.1) is 0 Å². The molecule has 0 aromatic heterocycles. The first kappa shape index (κ1) is 26.9. The van der Waals surface area contributed by atoms with E-state index in [-0.39, 0.29) is 18.7 Å². The fourth-order valence-electron chi connectivity index (χ4n) is 2.90. The fourth-order valence-corrected chi connectivity index (χ4v) is 2.90. The normalized spacial score (nSPS) is 10.9. The van der Waals surface area contributed by atoms with E-state index in [4.69, 9.17) is 14.6 Å². The van der Waals surface area contributed by atoms with E-state index in [0.29, 0.717) is 26.4 Å². The summed E-state index contributed by atoms with van der Waals surface area (Å²) in [7, 11) is 0. The van der Waals surface area contributed by atoms with E-state index >= 15 is 0 Å². The number of carbonyl (C=O) groups excluding carboxylic acids is 1. The topological polar surface area (TPSA) is 84.9 Å². The summed E-state index contributed by atoms with van der Waals surface area (Å²) in [6.45, 7) is 5.34. The third kappa shape index (κ3) is 22.9. The molecule has 0 radical (unpaired) electrons. The van der Waals surface area contributed by atoms with E-state index < -0.39 is 5.97 Å². The molecule has 2 N–H and O–H groups in total. The van der Waals surface area contributed by atoms with Crippen LogP contribution in [0.25, 0.3) is 0 Å². The maximum atomic E-state index is 11.3. The van der Waals surface area contributed by atoms with E-state index in [1.165, 1.54) is 64.2 Å². The van der Waals surface area contributed by atoms with Crippen LogP contribution in [0.3, 0.4) is 0 Å². The third-order valence-electron chi connectivity index (χ3n) is 4.62. The van der Waals surface area contributed by atoms with E-state index in [1.807, 2.05) is 0 Å². The lowest BCUT2D eigenvalue weighted by Crippen LogP contribution is -2.25. The highest BCUT2D eigenvalue weighted by Crippen LogP contribution is 2.11. The molecule has 0 aliphatic heterocycles. The molecule has 0 unspecified atom stereocenters. The van der Waals surface area contributed by atoms with Crippen molar-refractivity contribution < 1.29 is 24.2 Å². The van der Waals surface area contributed by atoms with E-state index in [9.17, 15) is 9.59 Å².